The van der Waals surface area contributed by atoms with Crippen molar-refractivity contribution < 1.29 is 35.8 Å². The molecular weight excluding hydrogens is 446 g/mol. The summed E-state index contributed by atoms with van der Waals surface area (Å²) in [4.78, 5) is 0. The Morgan fingerprint density at radius 1 is 1.03 bits per heavy atom. The molecule has 1 saturated heterocycles. The summed E-state index contributed by atoms with van der Waals surface area (Å²) >= 11 is 0. The van der Waals surface area contributed by atoms with Crippen molar-refractivity contribution in [2.45, 2.75) is 50.8 Å². The molecule has 2 atom stereocenters. The zero-order valence-electron chi connectivity index (χ0n) is 17.7. The maximum Gasteiger partial charge on any atom is 0.458 e. The highest BCUT2D eigenvalue weighted by Crippen LogP contribution is 2.33. The number of hydrogen-bond donors (Lipinski definition) is 0. The molecule has 2 aromatic rings. The van der Waals surface area contributed by atoms with Gasteiger partial charge in [-0.3, -0.25) is 0 Å². The standard InChI is InChI=1S/C25H22F6O2/c26-21-11-17-10-19(12-22(27)23(17)24(28)20(21)8-9-25(29,30)31)33-14-18-7-6-16(13-32-18)15-4-2-1-3-5-15/h4,10-12,16,18H,1-3,5-7,13-14H2. The van der Waals surface area contributed by atoms with Crippen LogP contribution < -0.4 is 4.74 Å². The summed E-state index contributed by atoms with van der Waals surface area (Å²) in [6, 6.07) is 2.90. The van der Waals surface area contributed by atoms with Gasteiger partial charge in [0.25, 0.3) is 0 Å². The van der Waals surface area contributed by atoms with E-state index in [1.807, 2.05) is 0 Å². The van der Waals surface area contributed by atoms with Gasteiger partial charge in [-0.1, -0.05) is 17.6 Å². The smallest absolute Gasteiger partial charge is 0.458 e. The Morgan fingerprint density at radius 2 is 1.85 bits per heavy atom. The SMILES string of the molecule is Fc1cc2cc(OCC3CCC(C4=CCCCC4)CO3)cc(F)c2c(F)c1C#CC(F)(F)F. The van der Waals surface area contributed by atoms with Crippen molar-refractivity contribution in [1.82, 2.24) is 0 Å². The van der Waals surface area contributed by atoms with Crippen LogP contribution in [0.25, 0.3) is 10.8 Å². The molecule has 0 spiro atoms. The minimum absolute atomic E-state index is 0.0497. The van der Waals surface area contributed by atoms with Crippen LogP contribution in [0.1, 0.15) is 44.1 Å². The van der Waals surface area contributed by atoms with E-state index in [4.69, 9.17) is 9.47 Å². The maximum absolute atomic E-state index is 14.6. The van der Waals surface area contributed by atoms with E-state index in [2.05, 4.69) is 6.08 Å². The summed E-state index contributed by atoms with van der Waals surface area (Å²) in [5.74, 6) is -1.20. The lowest BCUT2D eigenvalue weighted by Crippen LogP contribution is -2.31. The van der Waals surface area contributed by atoms with Crippen LogP contribution in [-0.4, -0.2) is 25.5 Å². The van der Waals surface area contributed by atoms with Crippen molar-refractivity contribution in [3.8, 4) is 17.6 Å². The fourth-order valence-electron chi connectivity index (χ4n) is 4.37. The van der Waals surface area contributed by atoms with Crippen LogP contribution in [0, 0.1) is 35.2 Å². The fourth-order valence-corrected chi connectivity index (χ4v) is 4.37. The van der Waals surface area contributed by atoms with Gasteiger partial charge in [0.15, 0.2) is 5.82 Å². The first-order valence-electron chi connectivity index (χ1n) is 10.9. The Balaban J connectivity index is 1.45. The average molecular weight is 468 g/mol. The van der Waals surface area contributed by atoms with E-state index in [1.165, 1.54) is 30.4 Å². The number of rotatable bonds is 4. The number of ether oxygens (including phenoxy) is 2. The van der Waals surface area contributed by atoms with E-state index in [9.17, 15) is 26.3 Å². The van der Waals surface area contributed by atoms with E-state index < -0.39 is 34.6 Å². The highest BCUT2D eigenvalue weighted by Gasteiger charge is 2.26. The molecular formula is C25H22F6O2. The van der Waals surface area contributed by atoms with Crippen molar-refractivity contribution >= 4 is 10.8 Å². The van der Waals surface area contributed by atoms with Gasteiger partial charge in [-0.05, 0) is 56.0 Å². The first-order chi connectivity index (χ1) is 15.7. The average Bonchev–Trinajstić information content (AvgIpc) is 2.77. The van der Waals surface area contributed by atoms with Crippen LogP contribution in [0.3, 0.4) is 0 Å². The summed E-state index contributed by atoms with van der Waals surface area (Å²) in [6.45, 7) is 0.751. The van der Waals surface area contributed by atoms with Gasteiger partial charge >= 0.3 is 6.18 Å². The molecule has 0 N–H and O–H groups in total. The molecule has 4 rings (SSSR count). The van der Waals surface area contributed by atoms with Gasteiger partial charge in [-0.15, -0.1) is 0 Å². The minimum Gasteiger partial charge on any atom is -0.491 e. The molecule has 2 aliphatic rings. The second-order valence-corrected chi connectivity index (χ2v) is 8.36. The molecule has 2 nitrogen and oxygen atoms in total. The van der Waals surface area contributed by atoms with Gasteiger partial charge in [-0.25, -0.2) is 13.2 Å². The summed E-state index contributed by atoms with van der Waals surface area (Å²) in [5, 5.41) is -0.820. The summed E-state index contributed by atoms with van der Waals surface area (Å²) in [5.41, 5.74) is 0.325. The quantitative estimate of drug-likeness (QED) is 0.278. The Morgan fingerprint density at radius 3 is 2.52 bits per heavy atom. The molecule has 8 heteroatoms. The van der Waals surface area contributed by atoms with Gasteiger partial charge in [0.2, 0.25) is 0 Å². The number of fused-ring (bicyclic) bond motifs is 1. The lowest BCUT2D eigenvalue weighted by Gasteiger charge is -2.31. The Labute approximate surface area is 187 Å². The second-order valence-electron chi connectivity index (χ2n) is 8.36. The number of hydrogen-bond acceptors (Lipinski definition) is 2. The monoisotopic (exact) mass is 468 g/mol. The molecule has 1 aliphatic carbocycles. The first-order valence-corrected chi connectivity index (χ1v) is 10.9. The largest absolute Gasteiger partial charge is 0.491 e. The predicted octanol–water partition coefficient (Wildman–Crippen LogP) is 6.85. The highest BCUT2D eigenvalue weighted by molar-refractivity contribution is 5.86. The van der Waals surface area contributed by atoms with Crippen LogP contribution >= 0.6 is 0 Å². The van der Waals surface area contributed by atoms with Crippen LogP contribution in [0.4, 0.5) is 26.3 Å². The lowest BCUT2D eigenvalue weighted by molar-refractivity contribution is -0.0696. The number of halogens is 6. The van der Waals surface area contributed by atoms with E-state index in [0.29, 0.717) is 12.5 Å². The third kappa shape index (κ3) is 5.64. The Bertz CT molecular complexity index is 1120. The van der Waals surface area contributed by atoms with Gasteiger partial charge in [0, 0.05) is 17.9 Å². The molecule has 2 aromatic carbocycles. The van der Waals surface area contributed by atoms with Crippen molar-refractivity contribution in [1.29, 1.82) is 0 Å². The molecule has 0 amide bonds. The minimum atomic E-state index is -4.93. The summed E-state index contributed by atoms with van der Waals surface area (Å²) in [7, 11) is 0. The lowest BCUT2D eigenvalue weighted by atomic mass is 9.85. The van der Waals surface area contributed by atoms with Crippen LogP contribution in [0.2, 0.25) is 0 Å². The third-order valence-electron chi connectivity index (χ3n) is 6.04. The molecule has 2 unspecified atom stereocenters. The third-order valence-corrected chi connectivity index (χ3v) is 6.04. The van der Waals surface area contributed by atoms with Crippen LogP contribution in [0.5, 0.6) is 5.75 Å². The molecule has 0 bridgehead atoms. The predicted molar refractivity (Wildman–Crippen MR) is 111 cm³/mol. The zero-order valence-corrected chi connectivity index (χ0v) is 17.7. The van der Waals surface area contributed by atoms with E-state index in [1.54, 1.807) is 0 Å². The Kier molecular flexibility index (Phi) is 6.89. The number of allylic oxidation sites excluding steroid dienone is 1. The van der Waals surface area contributed by atoms with Crippen LogP contribution in [-0.2, 0) is 4.74 Å². The van der Waals surface area contributed by atoms with E-state index >= 15 is 0 Å². The van der Waals surface area contributed by atoms with Crippen molar-refractivity contribution in [2.75, 3.05) is 13.2 Å². The molecule has 1 heterocycles. The second kappa shape index (κ2) is 9.68. The maximum atomic E-state index is 14.6. The fraction of sp³-hybridized carbons (Fsp3) is 0.440. The zero-order chi connectivity index (χ0) is 23.6. The van der Waals surface area contributed by atoms with Gasteiger partial charge in [0.1, 0.15) is 24.0 Å². The van der Waals surface area contributed by atoms with E-state index in [-0.39, 0.29) is 23.8 Å². The summed E-state index contributed by atoms with van der Waals surface area (Å²) < 4.78 is 91.7. The number of benzene rings is 2. The van der Waals surface area contributed by atoms with Gasteiger partial charge in [0.05, 0.1) is 23.7 Å². The van der Waals surface area contributed by atoms with Gasteiger partial charge in [-0.2, -0.15) is 13.2 Å². The highest BCUT2D eigenvalue weighted by atomic mass is 19.4. The van der Waals surface area contributed by atoms with Crippen LogP contribution in [0.15, 0.2) is 29.8 Å². The summed E-state index contributed by atoms with van der Waals surface area (Å²) in [6.07, 6.45) is 3.62. The number of alkyl halides is 3. The topological polar surface area (TPSA) is 18.5 Å². The molecule has 0 saturated carbocycles. The molecule has 176 valence electrons. The molecule has 1 fully saturated rings. The van der Waals surface area contributed by atoms with Crippen molar-refractivity contribution in [3.05, 3.63) is 52.9 Å². The molecule has 0 radical (unpaired) electrons. The molecule has 1 aliphatic heterocycles. The first kappa shape index (κ1) is 23.5. The van der Waals surface area contributed by atoms with E-state index in [0.717, 1.165) is 43.7 Å². The molecule has 33 heavy (non-hydrogen) atoms. The molecule has 0 aromatic heterocycles. The van der Waals surface area contributed by atoms with Crippen molar-refractivity contribution in [2.24, 2.45) is 5.92 Å². The van der Waals surface area contributed by atoms with Gasteiger partial charge < -0.3 is 9.47 Å². The Hall–Kier alpha value is -2.66. The van der Waals surface area contributed by atoms with Crippen molar-refractivity contribution in [3.63, 3.8) is 0 Å². The normalized spacial score (nSPS) is 21.3.